The van der Waals surface area contributed by atoms with Crippen molar-refractivity contribution >= 4 is 5.91 Å². The van der Waals surface area contributed by atoms with Crippen molar-refractivity contribution in [3.8, 4) is 0 Å². The van der Waals surface area contributed by atoms with Gasteiger partial charge in [0.15, 0.2) is 0 Å². The number of hydrogen-bond acceptors (Lipinski definition) is 3. The van der Waals surface area contributed by atoms with Gasteiger partial charge in [-0.3, -0.25) is 9.69 Å². The number of carbonyl (C=O) groups is 1. The Balaban J connectivity index is 2.36. The summed E-state index contributed by atoms with van der Waals surface area (Å²) in [5.41, 5.74) is 5.89. The van der Waals surface area contributed by atoms with Crippen molar-refractivity contribution < 1.29 is 4.79 Å². The van der Waals surface area contributed by atoms with Crippen LogP contribution in [0.1, 0.15) is 52.9 Å². The van der Waals surface area contributed by atoms with E-state index >= 15 is 0 Å². The highest BCUT2D eigenvalue weighted by Gasteiger charge is 2.25. The molecule has 19 heavy (non-hydrogen) atoms. The third-order valence-electron chi connectivity index (χ3n) is 4.07. The van der Waals surface area contributed by atoms with Crippen LogP contribution in [-0.4, -0.2) is 42.5 Å². The molecule has 1 rings (SSSR count). The zero-order valence-electron chi connectivity index (χ0n) is 12.8. The number of nitrogens with one attached hydrogen (secondary N) is 1. The zero-order valence-corrected chi connectivity index (χ0v) is 12.8. The maximum absolute atomic E-state index is 11.9. The maximum atomic E-state index is 11.9. The Morgan fingerprint density at radius 2 is 1.95 bits per heavy atom. The summed E-state index contributed by atoms with van der Waals surface area (Å²) in [6, 6.07) is 0.108. The average molecular weight is 269 g/mol. The predicted molar refractivity (Wildman–Crippen MR) is 79.9 cm³/mol. The molecule has 1 heterocycles. The fraction of sp³-hybridized carbons (Fsp3) is 0.933. The van der Waals surface area contributed by atoms with Crippen LogP contribution in [0.5, 0.6) is 0 Å². The van der Waals surface area contributed by atoms with Gasteiger partial charge in [-0.25, -0.2) is 0 Å². The Kier molecular flexibility index (Phi) is 7.39. The lowest BCUT2D eigenvalue weighted by Crippen LogP contribution is -2.49. The van der Waals surface area contributed by atoms with Crippen molar-refractivity contribution in [1.82, 2.24) is 10.2 Å². The summed E-state index contributed by atoms with van der Waals surface area (Å²) < 4.78 is 0. The quantitative estimate of drug-likeness (QED) is 0.705. The molecule has 1 aliphatic heterocycles. The SMILES string of the molecule is CCCC[C@H](N)C(=O)NCC(C(C)C)N1CCCC1. The van der Waals surface area contributed by atoms with Crippen LogP contribution in [0.15, 0.2) is 0 Å². The smallest absolute Gasteiger partial charge is 0.236 e. The highest BCUT2D eigenvalue weighted by atomic mass is 16.2. The second-order valence-corrected chi connectivity index (χ2v) is 6.05. The van der Waals surface area contributed by atoms with Crippen LogP contribution in [0.4, 0.5) is 0 Å². The molecule has 1 amide bonds. The van der Waals surface area contributed by atoms with Crippen molar-refractivity contribution in [1.29, 1.82) is 0 Å². The fourth-order valence-corrected chi connectivity index (χ4v) is 2.75. The summed E-state index contributed by atoms with van der Waals surface area (Å²) in [5.74, 6) is 0.573. The summed E-state index contributed by atoms with van der Waals surface area (Å²) in [4.78, 5) is 14.4. The average Bonchev–Trinajstić information content (AvgIpc) is 2.89. The summed E-state index contributed by atoms with van der Waals surface area (Å²) in [7, 11) is 0. The van der Waals surface area contributed by atoms with Gasteiger partial charge in [0.25, 0.3) is 0 Å². The summed E-state index contributed by atoms with van der Waals surface area (Å²) in [5, 5.41) is 3.04. The van der Waals surface area contributed by atoms with E-state index in [4.69, 9.17) is 5.73 Å². The number of nitrogens with two attached hydrogens (primary N) is 1. The first-order chi connectivity index (χ1) is 9.06. The number of nitrogens with zero attached hydrogens (tertiary/aromatic N) is 1. The van der Waals surface area contributed by atoms with Crippen LogP contribution < -0.4 is 11.1 Å². The number of hydrogen-bond donors (Lipinski definition) is 2. The topological polar surface area (TPSA) is 58.4 Å². The molecule has 0 aromatic rings. The van der Waals surface area contributed by atoms with Crippen LogP contribution in [-0.2, 0) is 4.79 Å². The largest absolute Gasteiger partial charge is 0.353 e. The molecule has 1 fully saturated rings. The lowest BCUT2D eigenvalue weighted by molar-refractivity contribution is -0.122. The van der Waals surface area contributed by atoms with E-state index in [1.165, 1.54) is 25.9 Å². The van der Waals surface area contributed by atoms with Crippen molar-refractivity contribution in [2.45, 2.75) is 65.0 Å². The molecule has 1 aliphatic rings. The molecular weight excluding hydrogens is 238 g/mol. The standard InChI is InChI=1S/C15H31N3O/c1-4-5-8-13(16)15(19)17-11-14(12(2)3)18-9-6-7-10-18/h12-14H,4-11,16H2,1-3H3,(H,17,19)/t13-,14?/m0/s1. The molecular formula is C15H31N3O. The van der Waals surface area contributed by atoms with E-state index in [-0.39, 0.29) is 11.9 Å². The minimum Gasteiger partial charge on any atom is -0.353 e. The van der Waals surface area contributed by atoms with Crippen molar-refractivity contribution in [2.75, 3.05) is 19.6 Å². The van der Waals surface area contributed by atoms with E-state index in [9.17, 15) is 4.79 Å². The highest BCUT2D eigenvalue weighted by molar-refractivity contribution is 5.81. The van der Waals surface area contributed by atoms with Crippen molar-refractivity contribution in [3.05, 3.63) is 0 Å². The van der Waals surface area contributed by atoms with Gasteiger partial charge >= 0.3 is 0 Å². The Labute approximate surface area is 118 Å². The van der Waals surface area contributed by atoms with Crippen LogP contribution in [0.3, 0.4) is 0 Å². The first kappa shape index (κ1) is 16.4. The predicted octanol–water partition coefficient (Wildman–Crippen LogP) is 1.74. The van der Waals surface area contributed by atoms with Gasteiger partial charge in [0.1, 0.15) is 0 Å². The number of unbranched alkanes of at least 4 members (excludes halogenated alkanes) is 1. The Morgan fingerprint density at radius 1 is 1.32 bits per heavy atom. The van der Waals surface area contributed by atoms with Crippen LogP contribution in [0.25, 0.3) is 0 Å². The number of carbonyl (C=O) groups excluding carboxylic acids is 1. The molecule has 2 atom stereocenters. The van der Waals surface area contributed by atoms with E-state index in [2.05, 4.69) is 31.0 Å². The minimum absolute atomic E-state index is 0.0123. The van der Waals surface area contributed by atoms with Gasteiger partial charge < -0.3 is 11.1 Å². The monoisotopic (exact) mass is 269 g/mol. The van der Waals surface area contributed by atoms with Gasteiger partial charge in [0, 0.05) is 12.6 Å². The van der Waals surface area contributed by atoms with Gasteiger partial charge in [-0.1, -0.05) is 33.6 Å². The van der Waals surface area contributed by atoms with Gasteiger partial charge in [-0.2, -0.15) is 0 Å². The summed E-state index contributed by atoms with van der Waals surface area (Å²) >= 11 is 0. The van der Waals surface area contributed by atoms with Crippen LogP contribution in [0, 0.1) is 5.92 Å². The molecule has 4 nitrogen and oxygen atoms in total. The van der Waals surface area contributed by atoms with Gasteiger partial charge in [-0.15, -0.1) is 0 Å². The molecule has 0 aromatic carbocycles. The third-order valence-corrected chi connectivity index (χ3v) is 4.07. The molecule has 3 N–H and O–H groups in total. The van der Waals surface area contributed by atoms with E-state index in [1.54, 1.807) is 0 Å². The second-order valence-electron chi connectivity index (χ2n) is 6.05. The van der Waals surface area contributed by atoms with Crippen molar-refractivity contribution in [2.24, 2.45) is 11.7 Å². The summed E-state index contributed by atoms with van der Waals surface area (Å²) in [6.07, 6.45) is 5.47. The van der Waals surface area contributed by atoms with Gasteiger partial charge in [-0.05, 0) is 38.3 Å². The van der Waals surface area contributed by atoms with Gasteiger partial charge in [0.2, 0.25) is 5.91 Å². The molecule has 0 bridgehead atoms. The molecule has 0 aliphatic carbocycles. The molecule has 0 spiro atoms. The number of amides is 1. The zero-order chi connectivity index (χ0) is 14.3. The van der Waals surface area contributed by atoms with Crippen molar-refractivity contribution in [3.63, 3.8) is 0 Å². The van der Waals surface area contributed by atoms with E-state index in [1.807, 2.05) is 0 Å². The molecule has 1 saturated heterocycles. The molecule has 4 heteroatoms. The first-order valence-corrected chi connectivity index (χ1v) is 7.83. The molecule has 112 valence electrons. The molecule has 1 unspecified atom stereocenters. The molecule has 0 radical (unpaired) electrons. The lowest BCUT2D eigenvalue weighted by atomic mass is 10.0. The van der Waals surface area contributed by atoms with E-state index < -0.39 is 0 Å². The fourth-order valence-electron chi connectivity index (χ4n) is 2.75. The third kappa shape index (κ3) is 5.49. The second kappa shape index (κ2) is 8.54. The lowest BCUT2D eigenvalue weighted by Gasteiger charge is -2.31. The summed E-state index contributed by atoms with van der Waals surface area (Å²) in [6.45, 7) is 9.64. The number of likely N-dealkylation sites (tertiary alicyclic amines) is 1. The minimum atomic E-state index is -0.341. The number of rotatable bonds is 8. The maximum Gasteiger partial charge on any atom is 0.236 e. The van der Waals surface area contributed by atoms with Gasteiger partial charge in [0.05, 0.1) is 6.04 Å². The molecule has 0 saturated carbocycles. The van der Waals surface area contributed by atoms with E-state index in [0.717, 1.165) is 25.8 Å². The highest BCUT2D eigenvalue weighted by Crippen LogP contribution is 2.17. The van der Waals surface area contributed by atoms with Crippen LogP contribution >= 0.6 is 0 Å². The normalized spacial score (nSPS) is 19.6. The molecule has 0 aromatic heterocycles. The Morgan fingerprint density at radius 3 is 2.47 bits per heavy atom. The van der Waals surface area contributed by atoms with E-state index in [0.29, 0.717) is 12.0 Å². The van der Waals surface area contributed by atoms with Crippen LogP contribution in [0.2, 0.25) is 0 Å². The Bertz CT molecular complexity index is 262. The Hall–Kier alpha value is -0.610. The first-order valence-electron chi connectivity index (χ1n) is 7.83.